The Morgan fingerprint density at radius 1 is 0.533 bits per heavy atom. The molecule has 0 aliphatic carbocycles. The molecule has 0 spiro atoms. The van der Waals surface area contributed by atoms with E-state index >= 15 is 0 Å². The Bertz CT molecular complexity index is 338. The molecule has 0 amide bonds. The van der Waals surface area contributed by atoms with Crippen molar-refractivity contribution in [2.24, 2.45) is 0 Å². The fourth-order valence-electron chi connectivity index (χ4n) is 3.35. The maximum atomic E-state index is 10.4. The van der Waals surface area contributed by atoms with Gasteiger partial charge in [-0.1, -0.05) is 122 Å². The van der Waals surface area contributed by atoms with E-state index in [0.717, 1.165) is 19.8 Å². The summed E-state index contributed by atoms with van der Waals surface area (Å²) in [6.07, 6.45) is 26.1. The van der Waals surface area contributed by atoms with E-state index in [0.29, 0.717) is 6.42 Å². The maximum absolute atomic E-state index is 10.4. The number of hydrogen-bond donors (Lipinski definition) is 2. The van der Waals surface area contributed by atoms with E-state index in [4.69, 9.17) is 15.0 Å². The third-order valence-electron chi connectivity index (χ3n) is 4.99. The van der Waals surface area contributed by atoms with Crippen molar-refractivity contribution in [3.05, 3.63) is 13.2 Å². The van der Waals surface area contributed by atoms with Crippen molar-refractivity contribution in [3.8, 4) is 0 Å². The fraction of sp³-hybridized carbons (Fsp3) is 0.846. The Balaban J connectivity index is -0.00000108. The summed E-state index contributed by atoms with van der Waals surface area (Å²) in [7, 11) is 0. The molecular formula is C26H52O4. The summed E-state index contributed by atoms with van der Waals surface area (Å²) >= 11 is 0. The number of carboxylic acids is 2. The monoisotopic (exact) mass is 428 g/mol. The van der Waals surface area contributed by atoms with Crippen LogP contribution in [0.1, 0.15) is 142 Å². The van der Waals surface area contributed by atoms with Crippen LogP contribution in [0.5, 0.6) is 0 Å². The van der Waals surface area contributed by atoms with Gasteiger partial charge in [0.05, 0.1) is 0 Å². The van der Waals surface area contributed by atoms with Gasteiger partial charge in [-0.3, -0.25) is 9.59 Å². The molecule has 4 heteroatoms. The lowest BCUT2D eigenvalue weighted by Crippen LogP contribution is -1.93. The Labute approximate surface area is 187 Å². The average Bonchev–Trinajstić information content (AvgIpc) is 2.70. The Kier molecular flexibility index (Phi) is 35.9. The van der Waals surface area contributed by atoms with E-state index in [1.165, 1.54) is 109 Å². The molecule has 0 aromatic rings. The van der Waals surface area contributed by atoms with Crippen molar-refractivity contribution in [1.29, 1.82) is 0 Å². The molecule has 0 rings (SSSR count). The highest BCUT2D eigenvalue weighted by atomic mass is 16.4. The first-order chi connectivity index (χ1) is 14.5. The van der Waals surface area contributed by atoms with Gasteiger partial charge < -0.3 is 10.2 Å². The van der Waals surface area contributed by atoms with Gasteiger partial charge >= 0.3 is 5.97 Å². The van der Waals surface area contributed by atoms with E-state index < -0.39 is 11.9 Å². The molecule has 0 aromatic carbocycles. The van der Waals surface area contributed by atoms with Crippen molar-refractivity contribution in [2.45, 2.75) is 142 Å². The molecule has 30 heavy (non-hydrogen) atoms. The Morgan fingerprint density at radius 2 is 0.733 bits per heavy atom. The van der Waals surface area contributed by atoms with Crippen LogP contribution >= 0.6 is 0 Å². The van der Waals surface area contributed by atoms with Crippen LogP contribution in [0.3, 0.4) is 0 Å². The van der Waals surface area contributed by atoms with Gasteiger partial charge in [0, 0.05) is 13.3 Å². The molecule has 0 aliphatic heterocycles. The molecule has 0 radical (unpaired) electrons. The summed E-state index contributed by atoms with van der Waals surface area (Å²) in [5.41, 5.74) is 0. The molecule has 2 N–H and O–H groups in total. The number of carbonyl (C=O) groups is 2. The first-order valence-electron chi connectivity index (χ1n) is 12.4. The Hall–Kier alpha value is -1.32. The fourth-order valence-corrected chi connectivity index (χ4v) is 3.35. The summed E-state index contributed by atoms with van der Waals surface area (Å²) in [6.45, 7) is 9.37. The van der Waals surface area contributed by atoms with Crippen LogP contribution in [-0.4, -0.2) is 22.2 Å². The number of hydrogen-bond acceptors (Lipinski definition) is 2. The zero-order chi connectivity index (χ0) is 23.3. The van der Waals surface area contributed by atoms with E-state index in [2.05, 4.69) is 20.1 Å². The molecule has 180 valence electrons. The molecular weight excluding hydrogens is 376 g/mol. The van der Waals surface area contributed by atoms with Gasteiger partial charge in [0.15, 0.2) is 0 Å². The number of unbranched alkanes of at least 4 members (excludes halogenated alkanes) is 18. The van der Waals surface area contributed by atoms with Crippen LogP contribution in [-0.2, 0) is 9.59 Å². The normalized spacial score (nSPS) is 9.80. The summed E-state index contributed by atoms with van der Waals surface area (Å²) in [4.78, 5) is 19.4. The van der Waals surface area contributed by atoms with Crippen molar-refractivity contribution in [1.82, 2.24) is 0 Å². The van der Waals surface area contributed by atoms with Crippen LogP contribution in [0.15, 0.2) is 13.2 Å². The predicted molar refractivity (Wildman–Crippen MR) is 130 cm³/mol. The molecule has 0 heterocycles. The van der Waals surface area contributed by atoms with Crippen molar-refractivity contribution < 1.29 is 19.8 Å². The zero-order valence-corrected chi connectivity index (χ0v) is 20.3. The minimum atomic E-state index is -0.833. The van der Waals surface area contributed by atoms with E-state index in [-0.39, 0.29) is 0 Å². The predicted octanol–water partition coefficient (Wildman–Crippen LogP) is 8.79. The first-order valence-corrected chi connectivity index (χ1v) is 12.4. The molecule has 0 aromatic heterocycles. The van der Waals surface area contributed by atoms with Crippen molar-refractivity contribution in [2.75, 3.05) is 0 Å². The second-order valence-corrected chi connectivity index (χ2v) is 8.03. The molecule has 0 saturated heterocycles. The second kappa shape index (κ2) is 32.3. The SMILES string of the molecule is C=C.CC(=O)O.CCCCCCCCCCCCCCCCCCCCCC(=O)O. The van der Waals surface area contributed by atoms with Gasteiger partial charge in [0.2, 0.25) is 0 Å². The van der Waals surface area contributed by atoms with Crippen molar-refractivity contribution >= 4 is 11.9 Å². The van der Waals surface area contributed by atoms with Gasteiger partial charge in [-0.15, -0.1) is 13.2 Å². The minimum absolute atomic E-state index is 0.346. The highest BCUT2D eigenvalue weighted by Gasteiger charge is 1.97. The molecule has 0 unspecified atom stereocenters. The van der Waals surface area contributed by atoms with Crippen LogP contribution in [0, 0.1) is 0 Å². The molecule has 0 atom stereocenters. The zero-order valence-electron chi connectivity index (χ0n) is 20.3. The van der Waals surface area contributed by atoms with Crippen LogP contribution in [0.25, 0.3) is 0 Å². The summed E-state index contributed by atoms with van der Waals surface area (Å²) in [5, 5.41) is 16.0. The number of carboxylic acid groups (broad SMARTS) is 2. The lowest BCUT2D eigenvalue weighted by molar-refractivity contribution is -0.137. The Morgan fingerprint density at radius 3 is 0.933 bits per heavy atom. The quantitative estimate of drug-likeness (QED) is 0.150. The second-order valence-electron chi connectivity index (χ2n) is 8.03. The maximum Gasteiger partial charge on any atom is 0.303 e. The van der Waals surface area contributed by atoms with Gasteiger partial charge in [0.25, 0.3) is 5.97 Å². The van der Waals surface area contributed by atoms with Gasteiger partial charge in [-0.25, -0.2) is 0 Å². The number of aliphatic carboxylic acids is 2. The molecule has 0 bridgehead atoms. The minimum Gasteiger partial charge on any atom is -0.481 e. The van der Waals surface area contributed by atoms with Crippen LogP contribution in [0.2, 0.25) is 0 Å². The van der Waals surface area contributed by atoms with Gasteiger partial charge in [-0.05, 0) is 6.42 Å². The van der Waals surface area contributed by atoms with E-state index in [1.54, 1.807) is 0 Å². The van der Waals surface area contributed by atoms with E-state index in [1.807, 2.05) is 0 Å². The lowest BCUT2D eigenvalue weighted by atomic mass is 10.0. The van der Waals surface area contributed by atoms with Gasteiger partial charge in [0.1, 0.15) is 0 Å². The summed E-state index contributed by atoms with van der Waals surface area (Å²) in [5.74, 6) is -1.48. The van der Waals surface area contributed by atoms with Crippen LogP contribution < -0.4 is 0 Å². The third kappa shape index (κ3) is 45.4. The molecule has 4 nitrogen and oxygen atoms in total. The first kappa shape index (κ1) is 33.3. The topological polar surface area (TPSA) is 74.6 Å². The van der Waals surface area contributed by atoms with Gasteiger partial charge in [-0.2, -0.15) is 0 Å². The standard InChI is InChI=1S/C22H44O2.C2H4O2.C2H4/c1-2-3-4-5-6-7-8-9-10-11-12-13-14-15-16-17-18-19-20-21-22(23)24;1-2(3)4;1-2/h2-21H2,1H3,(H,23,24);1H3,(H,3,4);1-2H2. The highest BCUT2D eigenvalue weighted by molar-refractivity contribution is 5.66. The summed E-state index contributed by atoms with van der Waals surface area (Å²) in [6, 6.07) is 0. The smallest absolute Gasteiger partial charge is 0.303 e. The molecule has 0 saturated carbocycles. The highest BCUT2D eigenvalue weighted by Crippen LogP contribution is 2.14. The summed E-state index contributed by atoms with van der Waals surface area (Å²) < 4.78 is 0. The van der Waals surface area contributed by atoms with Crippen LogP contribution in [0.4, 0.5) is 0 Å². The van der Waals surface area contributed by atoms with E-state index in [9.17, 15) is 4.79 Å². The number of rotatable bonds is 20. The lowest BCUT2D eigenvalue weighted by Gasteiger charge is -2.03. The van der Waals surface area contributed by atoms with Crippen molar-refractivity contribution in [3.63, 3.8) is 0 Å². The third-order valence-corrected chi connectivity index (χ3v) is 4.99. The largest absolute Gasteiger partial charge is 0.481 e. The molecule has 0 aliphatic rings. The molecule has 0 fully saturated rings. The average molecular weight is 429 g/mol.